The van der Waals surface area contributed by atoms with E-state index in [0.29, 0.717) is 24.2 Å². The molecule has 0 unspecified atom stereocenters. The van der Waals surface area contributed by atoms with Gasteiger partial charge in [0.2, 0.25) is 0 Å². The summed E-state index contributed by atoms with van der Waals surface area (Å²) in [5.41, 5.74) is 5.88. The zero-order valence-electron chi connectivity index (χ0n) is 12.9. The Labute approximate surface area is 134 Å². The van der Waals surface area contributed by atoms with Gasteiger partial charge in [0.15, 0.2) is 0 Å². The van der Waals surface area contributed by atoms with Gasteiger partial charge in [0, 0.05) is 24.2 Å². The molecule has 2 aromatic rings. The van der Waals surface area contributed by atoms with Crippen LogP contribution in [-0.4, -0.2) is 28.5 Å². The smallest absolute Gasteiger partial charge is 0.274 e. The number of carbonyl (C=O) groups is 2. The van der Waals surface area contributed by atoms with Crippen LogP contribution < -0.4 is 5.48 Å². The average molecular weight is 310 g/mol. The van der Waals surface area contributed by atoms with Crippen LogP contribution in [0.5, 0.6) is 0 Å². The monoisotopic (exact) mass is 310 g/mol. The molecular formula is C18H18N2O3. The Hall–Kier alpha value is -2.66. The lowest BCUT2D eigenvalue weighted by Gasteiger charge is -2.29. The van der Waals surface area contributed by atoms with Crippen molar-refractivity contribution in [3.05, 3.63) is 70.3 Å². The van der Waals surface area contributed by atoms with Gasteiger partial charge in [-0.25, -0.2) is 5.48 Å². The van der Waals surface area contributed by atoms with E-state index in [-0.39, 0.29) is 5.91 Å². The molecule has 0 atom stereocenters. The molecule has 0 spiro atoms. The predicted octanol–water partition coefficient (Wildman–Crippen LogP) is 2.31. The third kappa shape index (κ3) is 3.10. The minimum atomic E-state index is -0.546. The first-order valence-corrected chi connectivity index (χ1v) is 7.50. The van der Waals surface area contributed by atoms with E-state index in [2.05, 4.69) is 0 Å². The zero-order valence-corrected chi connectivity index (χ0v) is 12.9. The van der Waals surface area contributed by atoms with Crippen LogP contribution in [-0.2, 0) is 13.0 Å². The Kier molecular flexibility index (Phi) is 4.12. The minimum Gasteiger partial charge on any atom is -0.334 e. The number of nitrogens with one attached hydrogen (secondary N) is 1. The van der Waals surface area contributed by atoms with E-state index >= 15 is 0 Å². The van der Waals surface area contributed by atoms with Gasteiger partial charge in [0.25, 0.3) is 11.8 Å². The second kappa shape index (κ2) is 6.22. The van der Waals surface area contributed by atoms with Crippen LogP contribution in [0, 0.1) is 6.92 Å². The van der Waals surface area contributed by atoms with E-state index in [4.69, 9.17) is 5.21 Å². The SMILES string of the molecule is Cc1ccc(C(=O)N2CCc3ccc(C(=O)NO)cc3C2)cc1. The molecule has 0 saturated heterocycles. The van der Waals surface area contributed by atoms with Crippen molar-refractivity contribution in [3.63, 3.8) is 0 Å². The molecule has 0 bridgehead atoms. The topological polar surface area (TPSA) is 69.6 Å². The Morgan fingerprint density at radius 3 is 2.43 bits per heavy atom. The number of nitrogens with zero attached hydrogens (tertiary/aromatic N) is 1. The molecule has 2 amide bonds. The summed E-state index contributed by atoms with van der Waals surface area (Å²) in [5, 5.41) is 8.74. The lowest BCUT2D eigenvalue weighted by atomic mass is 9.96. The Morgan fingerprint density at radius 1 is 1.04 bits per heavy atom. The Morgan fingerprint density at radius 2 is 1.74 bits per heavy atom. The van der Waals surface area contributed by atoms with Gasteiger partial charge < -0.3 is 4.90 Å². The lowest BCUT2D eigenvalue weighted by molar-refractivity contribution is 0.0706. The van der Waals surface area contributed by atoms with Gasteiger partial charge in [0.1, 0.15) is 0 Å². The van der Waals surface area contributed by atoms with Gasteiger partial charge in [-0.2, -0.15) is 0 Å². The third-order valence-electron chi connectivity index (χ3n) is 4.17. The summed E-state index contributed by atoms with van der Waals surface area (Å²) in [6.45, 7) is 3.11. The number of benzene rings is 2. The molecule has 0 saturated carbocycles. The number of amides is 2. The summed E-state index contributed by atoms with van der Waals surface area (Å²) in [4.78, 5) is 25.9. The number of carbonyl (C=O) groups excluding carboxylic acids is 2. The highest BCUT2D eigenvalue weighted by molar-refractivity contribution is 5.95. The van der Waals surface area contributed by atoms with Crippen molar-refractivity contribution >= 4 is 11.8 Å². The largest absolute Gasteiger partial charge is 0.334 e. The number of hydroxylamine groups is 1. The van der Waals surface area contributed by atoms with Gasteiger partial charge in [-0.1, -0.05) is 23.8 Å². The van der Waals surface area contributed by atoms with Gasteiger partial charge in [-0.15, -0.1) is 0 Å². The fourth-order valence-electron chi connectivity index (χ4n) is 2.81. The van der Waals surface area contributed by atoms with Crippen molar-refractivity contribution in [3.8, 4) is 0 Å². The maximum Gasteiger partial charge on any atom is 0.274 e. The number of fused-ring (bicyclic) bond motifs is 1. The molecular weight excluding hydrogens is 292 g/mol. The zero-order chi connectivity index (χ0) is 16.4. The van der Waals surface area contributed by atoms with Gasteiger partial charge in [-0.3, -0.25) is 14.8 Å². The van der Waals surface area contributed by atoms with Crippen molar-refractivity contribution < 1.29 is 14.8 Å². The summed E-state index contributed by atoms with van der Waals surface area (Å²) >= 11 is 0. The highest BCUT2D eigenvalue weighted by Crippen LogP contribution is 2.22. The number of rotatable bonds is 2. The highest BCUT2D eigenvalue weighted by atomic mass is 16.5. The van der Waals surface area contributed by atoms with Crippen molar-refractivity contribution in [2.75, 3.05) is 6.54 Å². The molecule has 2 aromatic carbocycles. The van der Waals surface area contributed by atoms with Crippen molar-refractivity contribution in [1.82, 2.24) is 10.4 Å². The molecule has 118 valence electrons. The molecule has 0 radical (unpaired) electrons. The number of aryl methyl sites for hydroxylation is 1. The van der Waals surface area contributed by atoms with E-state index in [1.165, 1.54) is 0 Å². The lowest BCUT2D eigenvalue weighted by Crippen LogP contribution is -2.36. The maximum absolute atomic E-state index is 12.6. The third-order valence-corrected chi connectivity index (χ3v) is 4.17. The normalized spacial score (nSPS) is 13.4. The van der Waals surface area contributed by atoms with Crippen LogP contribution in [0.4, 0.5) is 0 Å². The van der Waals surface area contributed by atoms with Crippen LogP contribution in [0.2, 0.25) is 0 Å². The van der Waals surface area contributed by atoms with Crippen molar-refractivity contribution in [2.45, 2.75) is 19.9 Å². The summed E-state index contributed by atoms with van der Waals surface area (Å²) in [6, 6.07) is 12.8. The summed E-state index contributed by atoms with van der Waals surface area (Å²) in [6.07, 6.45) is 0.758. The Balaban J connectivity index is 1.82. The molecule has 1 aliphatic rings. The fraction of sp³-hybridized carbons (Fsp3) is 0.222. The van der Waals surface area contributed by atoms with E-state index < -0.39 is 5.91 Å². The molecule has 5 heteroatoms. The molecule has 1 heterocycles. The fourth-order valence-corrected chi connectivity index (χ4v) is 2.81. The van der Waals surface area contributed by atoms with Gasteiger partial charge in [0.05, 0.1) is 0 Å². The van der Waals surface area contributed by atoms with Crippen LogP contribution in [0.3, 0.4) is 0 Å². The second-order valence-electron chi connectivity index (χ2n) is 5.77. The molecule has 23 heavy (non-hydrogen) atoms. The van der Waals surface area contributed by atoms with E-state index in [9.17, 15) is 9.59 Å². The van der Waals surface area contributed by atoms with Crippen molar-refractivity contribution in [2.24, 2.45) is 0 Å². The van der Waals surface area contributed by atoms with E-state index in [1.807, 2.05) is 37.3 Å². The molecule has 0 aliphatic carbocycles. The molecule has 1 aliphatic heterocycles. The first-order chi connectivity index (χ1) is 11.1. The molecule has 5 nitrogen and oxygen atoms in total. The van der Waals surface area contributed by atoms with Crippen LogP contribution >= 0.6 is 0 Å². The quantitative estimate of drug-likeness (QED) is 0.660. The van der Waals surface area contributed by atoms with Gasteiger partial charge >= 0.3 is 0 Å². The highest BCUT2D eigenvalue weighted by Gasteiger charge is 2.22. The molecule has 3 rings (SSSR count). The van der Waals surface area contributed by atoms with Crippen LogP contribution in [0.15, 0.2) is 42.5 Å². The van der Waals surface area contributed by atoms with E-state index in [0.717, 1.165) is 23.1 Å². The molecule has 0 fully saturated rings. The molecule has 2 N–H and O–H groups in total. The van der Waals surface area contributed by atoms with E-state index in [1.54, 1.807) is 22.5 Å². The van der Waals surface area contributed by atoms with Crippen LogP contribution in [0.25, 0.3) is 0 Å². The van der Waals surface area contributed by atoms with Crippen molar-refractivity contribution in [1.29, 1.82) is 0 Å². The average Bonchev–Trinajstić information content (AvgIpc) is 2.60. The molecule has 0 aromatic heterocycles. The maximum atomic E-state index is 12.6. The number of hydrogen-bond donors (Lipinski definition) is 2. The summed E-state index contributed by atoms with van der Waals surface area (Å²) < 4.78 is 0. The minimum absolute atomic E-state index is 0.00679. The predicted molar refractivity (Wildman–Crippen MR) is 85.3 cm³/mol. The Bertz CT molecular complexity index is 753. The van der Waals surface area contributed by atoms with Gasteiger partial charge in [-0.05, 0) is 48.7 Å². The number of hydrogen-bond acceptors (Lipinski definition) is 3. The standard InChI is InChI=1S/C18H18N2O3/c1-12-2-4-14(5-3-12)18(22)20-9-8-13-6-7-15(17(21)19-23)10-16(13)11-20/h2-7,10,23H,8-9,11H2,1H3,(H,19,21). The van der Waals surface area contributed by atoms with Crippen LogP contribution in [0.1, 0.15) is 37.4 Å². The first kappa shape index (κ1) is 15.2. The summed E-state index contributed by atoms with van der Waals surface area (Å²) in [5.74, 6) is -0.553. The first-order valence-electron chi connectivity index (χ1n) is 7.50. The summed E-state index contributed by atoms with van der Waals surface area (Å²) in [7, 11) is 0. The second-order valence-corrected chi connectivity index (χ2v) is 5.77.